The molecule has 0 saturated carbocycles. The van der Waals surface area contributed by atoms with Gasteiger partial charge in [-0.2, -0.15) is 0 Å². The van der Waals surface area contributed by atoms with Crippen molar-refractivity contribution in [1.29, 1.82) is 0 Å². The quantitative estimate of drug-likeness (QED) is 0.456. The van der Waals surface area contributed by atoms with Gasteiger partial charge in [-0.3, -0.25) is 0 Å². The Bertz CT molecular complexity index is 393. The Morgan fingerprint density at radius 1 is 1.33 bits per heavy atom. The number of nitrogen functional groups attached to an aromatic ring is 1. The second kappa shape index (κ2) is 7.55. The molecule has 5 nitrogen and oxygen atoms in total. The zero-order valence-corrected chi connectivity index (χ0v) is 10.8. The zero-order chi connectivity index (χ0) is 13.4. The van der Waals surface area contributed by atoms with Crippen LogP contribution in [0.2, 0.25) is 0 Å². The van der Waals surface area contributed by atoms with Crippen LogP contribution in [0, 0.1) is 0 Å². The van der Waals surface area contributed by atoms with Gasteiger partial charge in [0.2, 0.25) is 0 Å². The molecule has 0 aliphatic rings. The lowest BCUT2D eigenvalue weighted by molar-refractivity contribution is 0.0600. The Kier molecular flexibility index (Phi) is 6.00. The fourth-order valence-corrected chi connectivity index (χ4v) is 1.39. The summed E-state index contributed by atoms with van der Waals surface area (Å²) in [4.78, 5) is 11.4. The molecule has 1 aromatic rings. The van der Waals surface area contributed by atoms with Gasteiger partial charge < -0.3 is 19.9 Å². The van der Waals surface area contributed by atoms with E-state index in [0.717, 1.165) is 6.42 Å². The molecule has 100 valence electrons. The molecule has 1 rings (SSSR count). The lowest BCUT2D eigenvalue weighted by Gasteiger charge is -2.10. The maximum atomic E-state index is 11.4. The molecule has 0 atom stereocenters. The maximum absolute atomic E-state index is 11.4. The first-order chi connectivity index (χ1) is 8.69. The van der Waals surface area contributed by atoms with Gasteiger partial charge in [-0.15, -0.1) is 0 Å². The molecule has 5 heteroatoms. The molecule has 2 N–H and O–H groups in total. The fraction of sp³-hybridized carbons (Fsp3) is 0.462. The molecule has 0 heterocycles. The van der Waals surface area contributed by atoms with Crippen LogP contribution in [0.3, 0.4) is 0 Å². The Labute approximate surface area is 107 Å². The van der Waals surface area contributed by atoms with Gasteiger partial charge >= 0.3 is 5.97 Å². The van der Waals surface area contributed by atoms with Crippen molar-refractivity contribution in [2.24, 2.45) is 0 Å². The highest BCUT2D eigenvalue weighted by Gasteiger charge is 2.09. The summed E-state index contributed by atoms with van der Waals surface area (Å²) in [5.74, 6) is 0.0866. The third-order valence-corrected chi connectivity index (χ3v) is 2.33. The topological polar surface area (TPSA) is 70.8 Å². The van der Waals surface area contributed by atoms with Crippen LogP contribution in [-0.4, -0.2) is 32.9 Å². The predicted octanol–water partition coefficient (Wildman–Crippen LogP) is 1.86. The molecule has 0 unspecified atom stereocenters. The number of anilines is 1. The average molecular weight is 253 g/mol. The van der Waals surface area contributed by atoms with Gasteiger partial charge in [0, 0.05) is 19.6 Å². The number of hydrogen-bond acceptors (Lipinski definition) is 5. The number of esters is 1. The van der Waals surface area contributed by atoms with E-state index in [-0.39, 0.29) is 0 Å². The monoisotopic (exact) mass is 253 g/mol. The van der Waals surface area contributed by atoms with Crippen molar-refractivity contribution >= 4 is 11.7 Å². The van der Waals surface area contributed by atoms with E-state index < -0.39 is 5.97 Å². The summed E-state index contributed by atoms with van der Waals surface area (Å²) in [5, 5.41) is 0. The molecule has 0 aromatic heterocycles. The summed E-state index contributed by atoms with van der Waals surface area (Å²) in [6.07, 6.45) is 0.774. The van der Waals surface area contributed by atoms with Crippen LogP contribution in [-0.2, 0) is 9.47 Å². The molecule has 0 aliphatic heterocycles. The van der Waals surface area contributed by atoms with Crippen LogP contribution >= 0.6 is 0 Å². The van der Waals surface area contributed by atoms with Gasteiger partial charge in [-0.25, -0.2) is 4.79 Å². The predicted molar refractivity (Wildman–Crippen MR) is 68.8 cm³/mol. The average Bonchev–Trinajstić information content (AvgIpc) is 2.39. The molecule has 0 aliphatic carbocycles. The third kappa shape index (κ3) is 4.25. The summed E-state index contributed by atoms with van der Waals surface area (Å²) in [7, 11) is 1.33. The van der Waals surface area contributed by atoms with Crippen LogP contribution in [0.4, 0.5) is 5.69 Å². The molecule has 0 amide bonds. The van der Waals surface area contributed by atoms with E-state index in [4.69, 9.17) is 15.2 Å². The zero-order valence-electron chi connectivity index (χ0n) is 10.8. The van der Waals surface area contributed by atoms with E-state index in [2.05, 4.69) is 4.74 Å². The van der Waals surface area contributed by atoms with Gasteiger partial charge in [-0.1, -0.05) is 0 Å². The minimum absolute atomic E-state index is 0.408. The van der Waals surface area contributed by atoms with E-state index in [1.165, 1.54) is 7.11 Å². The normalized spacial score (nSPS) is 10.1. The van der Waals surface area contributed by atoms with Gasteiger partial charge in [0.05, 0.1) is 25.0 Å². The minimum atomic E-state index is -0.408. The second-order valence-electron chi connectivity index (χ2n) is 3.64. The first kappa shape index (κ1) is 14.3. The van der Waals surface area contributed by atoms with E-state index in [9.17, 15) is 4.79 Å². The number of methoxy groups -OCH3 is 1. The van der Waals surface area contributed by atoms with Gasteiger partial charge in [0.15, 0.2) is 0 Å². The Balaban J connectivity index is 2.56. The smallest absolute Gasteiger partial charge is 0.337 e. The summed E-state index contributed by atoms with van der Waals surface area (Å²) in [6, 6.07) is 4.82. The molecule has 0 spiro atoms. The van der Waals surface area contributed by atoms with E-state index in [1.54, 1.807) is 18.2 Å². The number of hydrogen-bond donors (Lipinski definition) is 1. The summed E-state index contributed by atoms with van der Waals surface area (Å²) in [5.41, 5.74) is 6.69. The van der Waals surface area contributed by atoms with Crippen molar-refractivity contribution in [3.8, 4) is 5.75 Å². The lowest BCUT2D eigenvalue weighted by atomic mass is 10.2. The molecule has 0 bridgehead atoms. The standard InChI is InChI=1S/C13H19NO4/c1-3-17-7-4-8-18-12-9-10(13(15)16-2)5-6-11(12)14/h5-6,9H,3-4,7-8,14H2,1-2H3. The molecule has 0 radical (unpaired) electrons. The summed E-state index contributed by atoms with van der Waals surface area (Å²) < 4.78 is 15.3. The Morgan fingerprint density at radius 2 is 2.11 bits per heavy atom. The number of carbonyl (C=O) groups is 1. The number of carbonyl (C=O) groups excluding carboxylic acids is 1. The van der Waals surface area contributed by atoms with Crippen molar-refractivity contribution in [3.63, 3.8) is 0 Å². The number of ether oxygens (including phenoxy) is 3. The number of benzene rings is 1. The highest BCUT2D eigenvalue weighted by molar-refractivity contribution is 5.90. The fourth-order valence-electron chi connectivity index (χ4n) is 1.39. The third-order valence-electron chi connectivity index (χ3n) is 2.33. The van der Waals surface area contributed by atoms with E-state index >= 15 is 0 Å². The van der Waals surface area contributed by atoms with E-state index in [0.29, 0.717) is 36.8 Å². The van der Waals surface area contributed by atoms with Crippen LogP contribution in [0.5, 0.6) is 5.75 Å². The van der Waals surface area contributed by atoms with Crippen LogP contribution < -0.4 is 10.5 Å². The molecular formula is C13H19NO4. The first-order valence-electron chi connectivity index (χ1n) is 5.87. The van der Waals surface area contributed by atoms with Crippen LogP contribution in [0.25, 0.3) is 0 Å². The molecular weight excluding hydrogens is 234 g/mol. The SMILES string of the molecule is CCOCCCOc1cc(C(=O)OC)ccc1N. The van der Waals surface area contributed by atoms with Crippen LogP contribution in [0.1, 0.15) is 23.7 Å². The van der Waals surface area contributed by atoms with E-state index in [1.807, 2.05) is 6.92 Å². The molecule has 0 fully saturated rings. The second-order valence-corrected chi connectivity index (χ2v) is 3.64. The first-order valence-corrected chi connectivity index (χ1v) is 5.87. The molecule has 1 aromatic carbocycles. The number of nitrogens with two attached hydrogens (primary N) is 1. The van der Waals surface area contributed by atoms with Gasteiger partial charge in [0.1, 0.15) is 5.75 Å². The summed E-state index contributed by atoms with van der Waals surface area (Å²) >= 11 is 0. The highest BCUT2D eigenvalue weighted by atomic mass is 16.5. The molecule has 18 heavy (non-hydrogen) atoms. The van der Waals surface area contributed by atoms with Gasteiger partial charge in [0.25, 0.3) is 0 Å². The largest absolute Gasteiger partial charge is 0.491 e. The minimum Gasteiger partial charge on any atom is -0.491 e. The van der Waals surface area contributed by atoms with Crippen LogP contribution in [0.15, 0.2) is 18.2 Å². The van der Waals surface area contributed by atoms with Crippen molar-refractivity contribution in [1.82, 2.24) is 0 Å². The lowest BCUT2D eigenvalue weighted by Crippen LogP contribution is -2.06. The molecule has 0 saturated heterocycles. The van der Waals surface area contributed by atoms with Crippen molar-refractivity contribution in [3.05, 3.63) is 23.8 Å². The van der Waals surface area contributed by atoms with Crippen molar-refractivity contribution in [2.75, 3.05) is 32.7 Å². The van der Waals surface area contributed by atoms with Crippen molar-refractivity contribution in [2.45, 2.75) is 13.3 Å². The highest BCUT2D eigenvalue weighted by Crippen LogP contribution is 2.23. The maximum Gasteiger partial charge on any atom is 0.337 e. The Morgan fingerprint density at radius 3 is 2.78 bits per heavy atom. The number of rotatable bonds is 7. The summed E-state index contributed by atoms with van der Waals surface area (Å²) in [6.45, 7) is 3.78. The van der Waals surface area contributed by atoms with Crippen molar-refractivity contribution < 1.29 is 19.0 Å². The Hall–Kier alpha value is -1.75. The van der Waals surface area contributed by atoms with Gasteiger partial charge in [-0.05, 0) is 25.1 Å².